The Morgan fingerprint density at radius 1 is 1.38 bits per heavy atom. The summed E-state index contributed by atoms with van der Waals surface area (Å²) in [6, 6.07) is 8.01. The average molecular weight is 345 g/mol. The monoisotopic (exact) mass is 344 g/mol. The van der Waals surface area contributed by atoms with E-state index in [1.54, 1.807) is 25.1 Å². The van der Waals surface area contributed by atoms with Crippen molar-refractivity contribution < 1.29 is 9.90 Å². The van der Waals surface area contributed by atoms with Crippen LogP contribution in [0, 0.1) is 0 Å². The van der Waals surface area contributed by atoms with E-state index in [0.29, 0.717) is 15.7 Å². The first-order valence-electron chi connectivity index (χ1n) is 6.15. The summed E-state index contributed by atoms with van der Waals surface area (Å²) in [6.45, 7) is 1.74. The van der Waals surface area contributed by atoms with Crippen molar-refractivity contribution in [3.05, 3.63) is 50.6 Å². The highest BCUT2D eigenvalue weighted by molar-refractivity contribution is 7.10. The summed E-state index contributed by atoms with van der Waals surface area (Å²) in [5, 5.41) is 18.2. The molecular formula is C14H14Cl2N2O2S. The van der Waals surface area contributed by atoms with Crippen LogP contribution in [0.3, 0.4) is 0 Å². The molecule has 1 heterocycles. The number of carbonyl (C=O) groups is 1. The highest BCUT2D eigenvalue weighted by Crippen LogP contribution is 2.26. The fourth-order valence-electron chi connectivity index (χ4n) is 1.68. The van der Waals surface area contributed by atoms with E-state index >= 15 is 0 Å². The van der Waals surface area contributed by atoms with E-state index in [1.807, 2.05) is 17.5 Å². The van der Waals surface area contributed by atoms with E-state index in [9.17, 15) is 9.90 Å². The minimum absolute atomic E-state index is 0.0879. The Labute approximate surface area is 136 Å². The largest absolute Gasteiger partial charge is 0.383 e. The lowest BCUT2D eigenvalue weighted by atomic mass is 10.1. The number of halogens is 2. The van der Waals surface area contributed by atoms with Crippen LogP contribution in [0.4, 0.5) is 10.5 Å². The summed E-state index contributed by atoms with van der Waals surface area (Å²) >= 11 is 13.2. The Bertz CT molecular complexity index is 630. The summed E-state index contributed by atoms with van der Waals surface area (Å²) in [7, 11) is 0. The predicted molar refractivity (Wildman–Crippen MR) is 87.4 cm³/mol. The number of urea groups is 1. The van der Waals surface area contributed by atoms with Crippen molar-refractivity contribution in [1.29, 1.82) is 0 Å². The summed E-state index contributed by atoms with van der Waals surface area (Å²) in [5.74, 6) is 0. The summed E-state index contributed by atoms with van der Waals surface area (Å²) < 4.78 is 0. The van der Waals surface area contributed by atoms with Crippen molar-refractivity contribution in [2.75, 3.05) is 11.9 Å². The zero-order valence-electron chi connectivity index (χ0n) is 11.2. The molecule has 0 spiro atoms. The predicted octanol–water partition coefficient (Wildman–Crippen LogP) is 4.08. The topological polar surface area (TPSA) is 61.4 Å². The highest BCUT2D eigenvalue weighted by atomic mass is 35.5. The van der Waals surface area contributed by atoms with Crippen molar-refractivity contribution in [2.24, 2.45) is 0 Å². The van der Waals surface area contributed by atoms with Crippen molar-refractivity contribution in [2.45, 2.75) is 12.5 Å². The lowest BCUT2D eigenvalue weighted by Crippen LogP contribution is -2.40. The molecule has 0 saturated carbocycles. The van der Waals surface area contributed by atoms with Gasteiger partial charge in [0.25, 0.3) is 0 Å². The summed E-state index contributed by atoms with van der Waals surface area (Å²) in [6.07, 6.45) is 0. The van der Waals surface area contributed by atoms with Gasteiger partial charge in [0, 0.05) is 9.90 Å². The maximum Gasteiger partial charge on any atom is 0.319 e. The Morgan fingerprint density at radius 3 is 2.76 bits per heavy atom. The average Bonchev–Trinajstić information content (AvgIpc) is 2.95. The third kappa shape index (κ3) is 4.35. The van der Waals surface area contributed by atoms with E-state index in [2.05, 4.69) is 10.6 Å². The molecule has 0 aliphatic rings. The maximum atomic E-state index is 11.8. The normalized spacial score (nSPS) is 13.5. The van der Waals surface area contributed by atoms with Crippen LogP contribution in [0.2, 0.25) is 10.0 Å². The fourth-order valence-corrected chi connectivity index (χ4v) is 2.92. The van der Waals surface area contributed by atoms with Crippen molar-refractivity contribution >= 4 is 46.3 Å². The molecule has 1 aromatic heterocycles. The molecule has 2 rings (SSSR count). The van der Waals surface area contributed by atoms with Gasteiger partial charge in [-0.15, -0.1) is 11.3 Å². The zero-order chi connectivity index (χ0) is 15.5. The van der Waals surface area contributed by atoms with Crippen LogP contribution in [0.25, 0.3) is 0 Å². The van der Waals surface area contributed by atoms with Gasteiger partial charge >= 0.3 is 6.03 Å². The zero-order valence-corrected chi connectivity index (χ0v) is 13.5. The molecule has 0 radical (unpaired) electrons. The second-order valence-corrected chi connectivity index (χ2v) is 6.47. The van der Waals surface area contributed by atoms with Gasteiger partial charge in [-0.25, -0.2) is 4.79 Å². The third-order valence-electron chi connectivity index (χ3n) is 2.82. The molecule has 0 aliphatic carbocycles. The second kappa shape index (κ2) is 6.66. The number of benzene rings is 1. The van der Waals surface area contributed by atoms with Crippen molar-refractivity contribution in [3.63, 3.8) is 0 Å². The van der Waals surface area contributed by atoms with E-state index < -0.39 is 11.6 Å². The molecule has 0 fully saturated rings. The van der Waals surface area contributed by atoms with Gasteiger partial charge in [-0.2, -0.15) is 0 Å². The number of nitrogens with one attached hydrogen (secondary N) is 2. The number of hydrogen-bond acceptors (Lipinski definition) is 3. The molecule has 0 saturated heterocycles. The Morgan fingerprint density at radius 2 is 2.14 bits per heavy atom. The molecule has 3 N–H and O–H groups in total. The van der Waals surface area contributed by atoms with E-state index in [-0.39, 0.29) is 6.54 Å². The molecule has 4 nitrogen and oxygen atoms in total. The fraction of sp³-hybridized carbons (Fsp3) is 0.214. The number of anilines is 1. The van der Waals surface area contributed by atoms with E-state index in [1.165, 1.54) is 11.3 Å². The molecule has 21 heavy (non-hydrogen) atoms. The number of aliphatic hydroxyl groups is 1. The van der Waals surface area contributed by atoms with Crippen LogP contribution >= 0.6 is 34.5 Å². The van der Waals surface area contributed by atoms with Crippen molar-refractivity contribution in [1.82, 2.24) is 5.32 Å². The Balaban J connectivity index is 1.93. The standard InChI is InChI=1S/C14H14Cl2N2O2S/c1-14(20,12-3-2-6-21-12)8-17-13(19)18-11-5-4-9(15)7-10(11)16/h2-7,20H,8H2,1H3,(H2,17,18,19). The molecule has 2 amide bonds. The van der Waals surface area contributed by atoms with Gasteiger partial charge < -0.3 is 15.7 Å². The third-order valence-corrected chi connectivity index (χ3v) is 4.50. The number of hydrogen-bond donors (Lipinski definition) is 3. The van der Waals surface area contributed by atoms with Crippen LogP contribution in [0.15, 0.2) is 35.7 Å². The highest BCUT2D eigenvalue weighted by Gasteiger charge is 2.24. The quantitative estimate of drug-likeness (QED) is 0.782. The minimum Gasteiger partial charge on any atom is -0.383 e. The molecular weight excluding hydrogens is 331 g/mol. The smallest absolute Gasteiger partial charge is 0.319 e. The van der Waals surface area contributed by atoms with Crippen LogP contribution in [0.1, 0.15) is 11.8 Å². The van der Waals surface area contributed by atoms with Crippen LogP contribution in [0.5, 0.6) is 0 Å². The SMILES string of the molecule is CC(O)(CNC(=O)Nc1ccc(Cl)cc1Cl)c1cccs1. The van der Waals surface area contributed by atoms with Gasteiger partial charge in [-0.1, -0.05) is 29.3 Å². The first-order chi connectivity index (χ1) is 9.88. The number of amides is 2. The van der Waals surface area contributed by atoms with Crippen LogP contribution in [-0.2, 0) is 5.60 Å². The van der Waals surface area contributed by atoms with Gasteiger partial charge in [0.1, 0.15) is 5.60 Å². The first kappa shape index (κ1) is 16.1. The summed E-state index contributed by atoms with van der Waals surface area (Å²) in [4.78, 5) is 12.6. The molecule has 112 valence electrons. The molecule has 0 aliphatic heterocycles. The Hall–Kier alpha value is -1.27. The molecule has 7 heteroatoms. The second-order valence-electron chi connectivity index (χ2n) is 4.68. The molecule has 1 unspecified atom stereocenters. The summed E-state index contributed by atoms with van der Waals surface area (Å²) in [5.41, 5.74) is -0.663. The lowest BCUT2D eigenvalue weighted by Gasteiger charge is -2.22. The van der Waals surface area contributed by atoms with Crippen LogP contribution < -0.4 is 10.6 Å². The number of carbonyl (C=O) groups excluding carboxylic acids is 1. The number of rotatable bonds is 4. The van der Waals surface area contributed by atoms with Crippen molar-refractivity contribution in [3.8, 4) is 0 Å². The molecule has 0 bridgehead atoms. The van der Waals surface area contributed by atoms with Gasteiger partial charge in [-0.05, 0) is 36.6 Å². The van der Waals surface area contributed by atoms with E-state index in [4.69, 9.17) is 23.2 Å². The van der Waals surface area contributed by atoms with Gasteiger partial charge in [-0.3, -0.25) is 0 Å². The Kier molecular flexibility index (Phi) is 5.11. The minimum atomic E-state index is -1.12. The lowest BCUT2D eigenvalue weighted by molar-refractivity contribution is 0.0637. The van der Waals surface area contributed by atoms with Gasteiger partial charge in [0.2, 0.25) is 0 Å². The molecule has 1 atom stereocenters. The van der Waals surface area contributed by atoms with E-state index in [0.717, 1.165) is 4.88 Å². The van der Waals surface area contributed by atoms with Gasteiger partial charge in [0.05, 0.1) is 17.3 Å². The first-order valence-corrected chi connectivity index (χ1v) is 7.78. The van der Waals surface area contributed by atoms with Crippen LogP contribution in [-0.4, -0.2) is 17.7 Å². The number of thiophene rings is 1. The molecule has 2 aromatic rings. The van der Waals surface area contributed by atoms with Gasteiger partial charge in [0.15, 0.2) is 0 Å². The maximum absolute atomic E-state index is 11.8. The molecule has 1 aromatic carbocycles.